The average Bonchev–Trinajstić information content (AvgIpc) is 3.53. The van der Waals surface area contributed by atoms with E-state index in [0.717, 1.165) is 38.0 Å². The smallest absolute Gasteiger partial charge is 0.175 e. The van der Waals surface area contributed by atoms with Crippen molar-refractivity contribution >= 4 is 17.5 Å². The minimum absolute atomic E-state index is 0. The minimum Gasteiger partial charge on any atom is -0.766 e. The van der Waals surface area contributed by atoms with Crippen molar-refractivity contribution in [2.45, 2.75) is 83.3 Å². The number of thioether (sulfide) groups is 1. The molecule has 0 saturated carbocycles. The van der Waals surface area contributed by atoms with Crippen LogP contribution in [0.5, 0.6) is 0 Å². The molecule has 0 bridgehead atoms. The maximum Gasteiger partial charge on any atom is 0.175 e. The second-order valence-electron chi connectivity index (χ2n) is 10.8. The summed E-state index contributed by atoms with van der Waals surface area (Å²) in [5.74, 6) is 1.41. The molecule has 0 N–H and O–H groups in total. The van der Waals surface area contributed by atoms with E-state index in [9.17, 15) is 0 Å². The second kappa shape index (κ2) is 12.2. The molecule has 38 heavy (non-hydrogen) atoms. The molecular weight excluding hydrogens is 667 g/mol. The third-order valence-electron chi connectivity index (χ3n) is 8.10. The number of dihydropyridines is 1. The van der Waals surface area contributed by atoms with Crippen molar-refractivity contribution in [2.24, 2.45) is 16.8 Å². The third-order valence-corrected chi connectivity index (χ3v) is 9.23. The molecule has 5 aliphatic heterocycles. The Balaban J connectivity index is 0.000000204. The van der Waals surface area contributed by atoms with Crippen LogP contribution in [-0.2, 0) is 24.8 Å². The zero-order valence-corrected chi connectivity index (χ0v) is 25.3. The Morgan fingerprint density at radius 1 is 1.26 bits per heavy atom. The normalized spacial score (nSPS) is 34.5. The number of nitrogens with zero attached hydrogens (tertiary/aromatic N) is 3. The predicted octanol–water partition coefficient (Wildman–Crippen LogP) is 8.41. The van der Waals surface area contributed by atoms with Gasteiger partial charge in [0, 0.05) is 35.8 Å². The monoisotopic (exact) mass is 707 g/mol. The van der Waals surface area contributed by atoms with Gasteiger partial charge in [0.05, 0.1) is 0 Å². The van der Waals surface area contributed by atoms with E-state index in [2.05, 4.69) is 60.3 Å². The van der Waals surface area contributed by atoms with Gasteiger partial charge in [-0.1, -0.05) is 60.4 Å². The van der Waals surface area contributed by atoms with E-state index in [1.165, 1.54) is 52.8 Å². The number of fused-ring (bicyclic) bond motifs is 4. The maximum absolute atomic E-state index is 7.61. The van der Waals surface area contributed by atoms with Crippen molar-refractivity contribution in [3.63, 3.8) is 0 Å². The third kappa shape index (κ3) is 5.75. The second-order valence-corrected chi connectivity index (χ2v) is 11.7. The number of hydrogen-bond acceptors (Lipinski definition) is 3. The van der Waals surface area contributed by atoms with Crippen LogP contribution in [0.4, 0.5) is 0 Å². The zero-order valence-electron chi connectivity index (χ0n) is 25.1. The van der Waals surface area contributed by atoms with Crippen molar-refractivity contribution in [1.82, 2.24) is 0 Å². The first-order chi connectivity index (χ1) is 19.3. The predicted molar refractivity (Wildman–Crippen MR) is 155 cm³/mol. The molecule has 1 saturated heterocycles. The summed E-state index contributed by atoms with van der Waals surface area (Å²) in [5, 5.41) is 12.0. The van der Waals surface area contributed by atoms with Gasteiger partial charge >= 0.3 is 0 Å². The molecule has 0 aromatic rings. The van der Waals surface area contributed by atoms with Gasteiger partial charge in [-0.25, -0.2) is 17.0 Å². The molecular formula is C32H37IrN3OS-4. The molecule has 4 nitrogen and oxygen atoms in total. The Bertz CT molecular complexity index is 1290. The molecule has 6 heteroatoms. The van der Waals surface area contributed by atoms with Crippen LogP contribution in [0.2, 0.25) is 0 Å². The Morgan fingerprint density at radius 3 is 2.97 bits per heavy atom. The number of ether oxygens (including phenoxy) is 1. The van der Waals surface area contributed by atoms with Crippen LogP contribution in [0.25, 0.3) is 10.6 Å². The number of allylic oxidation sites excluding steroid dienone is 6. The Morgan fingerprint density at radius 2 is 2.18 bits per heavy atom. The van der Waals surface area contributed by atoms with Crippen LogP contribution < -0.4 is 0 Å². The summed E-state index contributed by atoms with van der Waals surface area (Å²) in [6.45, 7) is 2.95. The van der Waals surface area contributed by atoms with Gasteiger partial charge in [-0.15, -0.1) is 37.2 Å². The van der Waals surface area contributed by atoms with Crippen LogP contribution in [-0.4, -0.2) is 29.9 Å². The Hall–Kier alpha value is -1.72. The molecule has 1 radical (unpaired) electrons. The van der Waals surface area contributed by atoms with Gasteiger partial charge in [-0.05, 0) is 55.9 Å². The van der Waals surface area contributed by atoms with Crippen LogP contribution in [0.1, 0.15) is 69.8 Å². The maximum atomic E-state index is 7.61. The number of hydrogen-bond donors (Lipinski definition) is 0. The molecule has 0 spiro atoms. The van der Waals surface area contributed by atoms with Crippen LogP contribution in [0.3, 0.4) is 0 Å². The van der Waals surface area contributed by atoms with Gasteiger partial charge in [0.2, 0.25) is 0 Å². The van der Waals surface area contributed by atoms with E-state index in [4.69, 9.17) is 14.2 Å². The van der Waals surface area contributed by atoms with E-state index in [1.54, 1.807) is 17.8 Å². The van der Waals surface area contributed by atoms with Crippen molar-refractivity contribution in [3.05, 3.63) is 98.2 Å². The summed E-state index contributed by atoms with van der Waals surface area (Å²) >= 11 is 1.78. The largest absolute Gasteiger partial charge is 0.766 e. The fourth-order valence-electron chi connectivity index (χ4n) is 6.07. The molecule has 1 fully saturated rings. The molecule has 2 aliphatic carbocycles. The quantitative estimate of drug-likeness (QED) is 0.271. The number of rotatable bonds is 2. The van der Waals surface area contributed by atoms with E-state index >= 15 is 0 Å². The van der Waals surface area contributed by atoms with Gasteiger partial charge in [0.15, 0.2) is 6.23 Å². The molecule has 0 aromatic heterocycles. The Labute approximate surface area is 250 Å². The van der Waals surface area contributed by atoms with Crippen LogP contribution >= 0.6 is 11.8 Å². The standard InChI is InChI=1S/C20H22N2OS.C12H15N.Ir/c1-11-10-24-20-13(11)8-9-17(22-20)16-5-3-4-14-15-7-6-12(2)21-19(15)23-18(14)16;1-10-7-8-12(13-9-10)11-5-3-2-4-6-11;/h5-8,10,14-15,17,19-20H,3-4,9H2,1-2H3;7-8H,2-5,9H2,1H3;/q2*-2;/t14?,15?,17-,19?,20-;;/m1../s1/i2D3;;. The first kappa shape index (κ1) is 24.1. The number of aliphatic imine (C=N–C) groups is 1. The van der Waals surface area contributed by atoms with Gasteiger partial charge in [-0.2, -0.15) is 11.6 Å². The summed E-state index contributed by atoms with van der Waals surface area (Å²) in [6, 6.07) is 0.124. The summed E-state index contributed by atoms with van der Waals surface area (Å²) in [6.07, 6.45) is 23.4. The molecule has 7 rings (SSSR count). The van der Waals surface area contributed by atoms with E-state index in [0.29, 0.717) is 0 Å². The summed E-state index contributed by atoms with van der Waals surface area (Å²) < 4.78 is 29.1. The molecule has 205 valence electrons. The SMILES string of the molecule is CC1=CC=C(C2=[C-]CCCC2)[N-]C1.[2H]C([2H])([2H])C1=NC2OC3=C([C@H]4CC=C5C(C)=CS[C@H]5[N-]4)[CH-]CCC3C2C=C1.[Ir]. The molecule has 7 aliphatic rings. The summed E-state index contributed by atoms with van der Waals surface area (Å²) in [4.78, 5) is 4.42. The minimum atomic E-state index is -2.19. The fraction of sp³-hybridized carbons (Fsp3) is 0.500. The fourth-order valence-corrected chi connectivity index (χ4v) is 7.19. The van der Waals surface area contributed by atoms with Crippen molar-refractivity contribution in [3.8, 4) is 0 Å². The molecule has 5 heterocycles. The zero-order chi connectivity index (χ0) is 27.9. The Kier molecular flexibility index (Phi) is 7.74. The van der Waals surface area contributed by atoms with Gasteiger partial charge in [0.1, 0.15) is 0 Å². The first-order valence-electron chi connectivity index (χ1n) is 15.2. The van der Waals surface area contributed by atoms with Gasteiger partial charge < -0.3 is 21.1 Å². The molecule has 0 aromatic carbocycles. The topological polar surface area (TPSA) is 49.8 Å². The van der Waals surface area contributed by atoms with Crippen LogP contribution in [0.15, 0.2) is 80.1 Å². The molecule has 0 amide bonds. The van der Waals surface area contributed by atoms with Crippen molar-refractivity contribution in [1.29, 1.82) is 0 Å². The van der Waals surface area contributed by atoms with E-state index < -0.39 is 13.1 Å². The van der Waals surface area contributed by atoms with Crippen molar-refractivity contribution in [2.75, 3.05) is 6.54 Å². The van der Waals surface area contributed by atoms with E-state index in [-0.39, 0.29) is 49.1 Å². The van der Waals surface area contributed by atoms with Crippen molar-refractivity contribution < 1.29 is 29.0 Å². The average molecular weight is 707 g/mol. The van der Waals surface area contributed by atoms with Gasteiger partial charge in [-0.3, -0.25) is 6.08 Å². The summed E-state index contributed by atoms with van der Waals surface area (Å²) in [7, 11) is 0. The molecule has 5 atom stereocenters. The summed E-state index contributed by atoms with van der Waals surface area (Å²) in [5.41, 5.74) is 7.88. The molecule has 3 unspecified atom stereocenters. The van der Waals surface area contributed by atoms with Gasteiger partial charge in [0.25, 0.3) is 0 Å². The van der Waals surface area contributed by atoms with Crippen LogP contribution in [0, 0.1) is 24.3 Å². The van der Waals surface area contributed by atoms with E-state index in [1.807, 2.05) is 6.08 Å². The first-order valence-corrected chi connectivity index (χ1v) is 14.6.